The van der Waals surface area contributed by atoms with Crippen molar-refractivity contribution >= 4 is 0 Å². The van der Waals surface area contributed by atoms with Gasteiger partial charge in [0, 0.05) is 7.05 Å². The van der Waals surface area contributed by atoms with Gasteiger partial charge >= 0.3 is 11.4 Å². The van der Waals surface area contributed by atoms with Gasteiger partial charge in [0.15, 0.2) is 0 Å². The first-order valence-corrected chi connectivity index (χ1v) is 6.13. The highest BCUT2D eigenvalue weighted by atomic mass is 16.2. The van der Waals surface area contributed by atoms with Gasteiger partial charge in [0.05, 0.1) is 12.1 Å². The van der Waals surface area contributed by atoms with E-state index in [1.54, 1.807) is 16.4 Å². The SMILES string of the molecule is Cn1c(=O)n2n(c1=O)C1[C@H]3C4C5[C@@H]3C2[C@@H]5[C@@H]41. The average Bonchev–Trinajstić information content (AvgIpc) is 2.44. The van der Waals surface area contributed by atoms with Gasteiger partial charge in [-0.15, -0.1) is 0 Å². The van der Waals surface area contributed by atoms with Gasteiger partial charge in [0.25, 0.3) is 0 Å². The van der Waals surface area contributed by atoms with E-state index in [4.69, 9.17) is 0 Å². The van der Waals surface area contributed by atoms with E-state index in [0.717, 1.165) is 35.5 Å². The van der Waals surface area contributed by atoms with Crippen LogP contribution in [-0.4, -0.2) is 13.9 Å². The molecule has 4 aliphatic carbocycles. The highest BCUT2D eigenvalue weighted by Gasteiger charge is 2.90. The Morgan fingerprint density at radius 1 is 0.750 bits per heavy atom. The van der Waals surface area contributed by atoms with Gasteiger partial charge in [0.1, 0.15) is 0 Å². The molecule has 16 heavy (non-hydrogen) atoms. The van der Waals surface area contributed by atoms with Crippen molar-refractivity contribution in [1.82, 2.24) is 13.9 Å². The van der Waals surface area contributed by atoms with Crippen molar-refractivity contribution in [3.63, 3.8) is 0 Å². The van der Waals surface area contributed by atoms with E-state index in [2.05, 4.69) is 0 Å². The Balaban J connectivity index is 1.81. The lowest BCUT2D eigenvalue weighted by Gasteiger charge is -2.91. The highest BCUT2D eigenvalue weighted by Crippen LogP contribution is 2.91. The zero-order valence-electron chi connectivity index (χ0n) is 8.78. The van der Waals surface area contributed by atoms with Gasteiger partial charge < -0.3 is 0 Å². The molecule has 0 amide bonds. The van der Waals surface area contributed by atoms with Crippen molar-refractivity contribution in [2.24, 2.45) is 42.6 Å². The molecule has 8 atom stereocenters. The minimum Gasteiger partial charge on any atom is -0.246 e. The van der Waals surface area contributed by atoms with Crippen LogP contribution in [0.2, 0.25) is 0 Å². The molecule has 7 rings (SSSR count). The van der Waals surface area contributed by atoms with Crippen LogP contribution in [0.1, 0.15) is 12.1 Å². The molecule has 5 nitrogen and oxygen atoms in total. The molecule has 4 fully saturated rings. The molecule has 0 aromatic carbocycles. The Hall–Kier alpha value is -1.26. The van der Waals surface area contributed by atoms with E-state index in [0.29, 0.717) is 12.1 Å². The second-order valence-corrected chi connectivity index (χ2v) is 6.26. The van der Waals surface area contributed by atoms with Crippen molar-refractivity contribution in [2.75, 3.05) is 0 Å². The molecular weight excluding hydrogens is 206 g/mol. The van der Waals surface area contributed by atoms with Gasteiger partial charge in [0.2, 0.25) is 0 Å². The summed E-state index contributed by atoms with van der Waals surface area (Å²) < 4.78 is 4.87. The van der Waals surface area contributed by atoms with Gasteiger partial charge in [-0.3, -0.25) is 0 Å². The molecule has 82 valence electrons. The summed E-state index contributed by atoms with van der Waals surface area (Å²) in [4.78, 5) is 24.0. The summed E-state index contributed by atoms with van der Waals surface area (Å²) >= 11 is 0. The van der Waals surface area contributed by atoms with Crippen molar-refractivity contribution < 1.29 is 0 Å². The maximum atomic E-state index is 12.0. The van der Waals surface area contributed by atoms with E-state index in [9.17, 15) is 9.59 Å². The van der Waals surface area contributed by atoms with Crippen LogP contribution in [0.15, 0.2) is 9.59 Å². The summed E-state index contributed by atoms with van der Waals surface area (Å²) in [6, 6.07) is 0.771. The molecule has 0 N–H and O–H groups in total. The molecule has 6 aliphatic rings. The van der Waals surface area contributed by atoms with Crippen LogP contribution < -0.4 is 11.4 Å². The number of rotatable bonds is 0. The van der Waals surface area contributed by atoms with Crippen LogP contribution in [0.5, 0.6) is 0 Å². The van der Waals surface area contributed by atoms with Gasteiger partial charge in [-0.2, -0.15) is 0 Å². The largest absolute Gasteiger partial charge is 0.347 e. The molecule has 0 spiro atoms. The summed E-state index contributed by atoms with van der Waals surface area (Å²) in [5.74, 6) is 4.89. The highest BCUT2D eigenvalue weighted by molar-refractivity contribution is 5.37. The first kappa shape index (κ1) is 7.14. The fourth-order valence-electron chi connectivity index (χ4n) is 6.09. The molecule has 5 heteroatoms. The fourth-order valence-corrected chi connectivity index (χ4v) is 6.09. The third-order valence-electron chi connectivity index (χ3n) is 6.45. The third kappa shape index (κ3) is 0.351. The topological polar surface area (TPSA) is 48.9 Å². The molecule has 2 aliphatic heterocycles. The Kier molecular flexibility index (Phi) is 0.699. The smallest absolute Gasteiger partial charge is 0.246 e. The lowest BCUT2D eigenvalue weighted by Crippen LogP contribution is -2.91. The second kappa shape index (κ2) is 1.57. The van der Waals surface area contributed by atoms with Crippen molar-refractivity contribution in [3.05, 3.63) is 21.0 Å². The number of nitrogens with zero attached hydrogens (tertiary/aromatic N) is 3. The Morgan fingerprint density at radius 2 is 1.12 bits per heavy atom. The van der Waals surface area contributed by atoms with Crippen LogP contribution in [0, 0.1) is 35.5 Å². The van der Waals surface area contributed by atoms with Gasteiger partial charge in [-0.05, 0) is 35.5 Å². The zero-order chi connectivity index (χ0) is 10.5. The van der Waals surface area contributed by atoms with Crippen LogP contribution in [-0.2, 0) is 7.05 Å². The van der Waals surface area contributed by atoms with Crippen LogP contribution >= 0.6 is 0 Å². The molecule has 3 heterocycles. The Bertz CT molecular complexity index is 618. The number of hydrogen-bond donors (Lipinski definition) is 0. The molecule has 1 aromatic heterocycles. The van der Waals surface area contributed by atoms with Crippen molar-refractivity contribution in [1.29, 1.82) is 0 Å². The van der Waals surface area contributed by atoms with E-state index in [1.165, 1.54) is 4.57 Å². The lowest BCUT2D eigenvalue weighted by molar-refractivity contribution is -0.450. The molecule has 0 saturated heterocycles. The Morgan fingerprint density at radius 3 is 1.50 bits per heavy atom. The maximum absolute atomic E-state index is 12.0. The van der Waals surface area contributed by atoms with Crippen molar-refractivity contribution in [2.45, 2.75) is 12.1 Å². The molecule has 0 radical (unpaired) electrons. The van der Waals surface area contributed by atoms with Gasteiger partial charge in [-0.1, -0.05) is 0 Å². The summed E-state index contributed by atoms with van der Waals surface area (Å²) in [6.45, 7) is 0. The molecule has 4 unspecified atom stereocenters. The monoisotopic (exact) mass is 217 g/mol. The second-order valence-electron chi connectivity index (χ2n) is 6.26. The average molecular weight is 217 g/mol. The number of hydrogen-bond acceptors (Lipinski definition) is 2. The Labute approximate surface area is 90.3 Å². The van der Waals surface area contributed by atoms with Crippen molar-refractivity contribution in [3.8, 4) is 0 Å². The van der Waals surface area contributed by atoms with Crippen LogP contribution in [0.3, 0.4) is 0 Å². The summed E-state index contributed by atoms with van der Waals surface area (Å²) in [5.41, 5.74) is -0.184. The van der Waals surface area contributed by atoms with Gasteiger partial charge in [-0.25, -0.2) is 23.5 Å². The molecule has 4 saturated carbocycles. The summed E-state index contributed by atoms with van der Waals surface area (Å²) in [5, 5.41) is 0. The fraction of sp³-hybridized carbons (Fsp3) is 0.818. The predicted molar refractivity (Wildman–Crippen MR) is 52.9 cm³/mol. The first-order chi connectivity index (χ1) is 7.73. The van der Waals surface area contributed by atoms with E-state index >= 15 is 0 Å². The molecule has 1 aromatic rings. The van der Waals surface area contributed by atoms with E-state index in [1.807, 2.05) is 0 Å². The quantitative estimate of drug-likeness (QED) is 0.571. The number of aromatic nitrogens is 3. The molecule has 2 bridgehead atoms. The summed E-state index contributed by atoms with van der Waals surface area (Å²) in [7, 11) is 1.60. The standard InChI is InChI=1S/C11H11N3O2/c1-12-10(15)13-8-4-2-3-6(4)9(7(3)5(2)8)14(13)11(12)16/h2-9H,1H3/t2?,3?,4-,5-,6-,7+,8?,9?/m0/s1. The molecular formula is C11H11N3O2. The normalized spacial score (nSPS) is 60.1. The lowest BCUT2D eigenvalue weighted by atomic mass is 9.16. The minimum atomic E-state index is -0.0919. The van der Waals surface area contributed by atoms with E-state index in [-0.39, 0.29) is 11.4 Å². The van der Waals surface area contributed by atoms with E-state index < -0.39 is 0 Å². The third-order valence-corrected chi connectivity index (χ3v) is 6.45. The predicted octanol–water partition coefficient (Wildman–Crippen LogP) is -0.804. The minimum absolute atomic E-state index is 0.0919. The first-order valence-electron chi connectivity index (χ1n) is 6.13. The zero-order valence-corrected chi connectivity index (χ0v) is 8.78. The van der Waals surface area contributed by atoms with Crippen LogP contribution in [0.25, 0.3) is 0 Å². The van der Waals surface area contributed by atoms with Crippen LogP contribution in [0.4, 0.5) is 0 Å². The summed E-state index contributed by atoms with van der Waals surface area (Å²) in [6.07, 6.45) is 0. The maximum Gasteiger partial charge on any atom is 0.347 e.